The van der Waals surface area contributed by atoms with E-state index in [0.29, 0.717) is 0 Å². The molecule has 2 unspecified atom stereocenters. The highest BCUT2D eigenvalue weighted by molar-refractivity contribution is 5.81. The molecular formula is C14H28N2O2. The summed E-state index contributed by atoms with van der Waals surface area (Å²) >= 11 is 0. The first-order valence-corrected chi connectivity index (χ1v) is 7.31. The van der Waals surface area contributed by atoms with Gasteiger partial charge in [0.2, 0.25) is 5.91 Å². The summed E-state index contributed by atoms with van der Waals surface area (Å²) in [5.74, 6) is 0.229. The topological polar surface area (TPSA) is 52.6 Å². The van der Waals surface area contributed by atoms with Gasteiger partial charge in [0.1, 0.15) is 0 Å². The Kier molecular flexibility index (Phi) is 7.28. The number of rotatable bonds is 6. The van der Waals surface area contributed by atoms with E-state index in [4.69, 9.17) is 5.11 Å². The molecule has 0 saturated carbocycles. The number of likely N-dealkylation sites (tertiary alicyclic amines) is 1. The second-order valence-corrected chi connectivity index (χ2v) is 5.39. The Morgan fingerprint density at radius 3 is 2.39 bits per heavy atom. The number of amides is 1. The molecule has 2 N–H and O–H groups in total. The van der Waals surface area contributed by atoms with E-state index in [1.807, 2.05) is 11.8 Å². The third kappa shape index (κ3) is 5.36. The van der Waals surface area contributed by atoms with Crippen molar-refractivity contribution in [1.29, 1.82) is 0 Å². The first kappa shape index (κ1) is 15.4. The Hall–Kier alpha value is -0.610. The lowest BCUT2D eigenvalue weighted by Crippen LogP contribution is -2.48. The molecule has 0 aliphatic carbocycles. The van der Waals surface area contributed by atoms with Crippen LogP contribution in [0.2, 0.25) is 0 Å². The number of aliphatic hydroxyl groups excluding tert-OH is 1. The number of carbonyl (C=O) groups is 1. The van der Waals surface area contributed by atoms with Crippen LogP contribution in [0.15, 0.2) is 0 Å². The van der Waals surface area contributed by atoms with Crippen molar-refractivity contribution in [3.63, 3.8) is 0 Å². The zero-order valence-electron chi connectivity index (χ0n) is 11.8. The van der Waals surface area contributed by atoms with Crippen molar-refractivity contribution in [3.8, 4) is 0 Å². The van der Waals surface area contributed by atoms with Crippen LogP contribution in [0.3, 0.4) is 0 Å². The van der Waals surface area contributed by atoms with E-state index in [1.54, 1.807) is 0 Å². The summed E-state index contributed by atoms with van der Waals surface area (Å²) in [7, 11) is 0. The molecule has 0 aromatic rings. The van der Waals surface area contributed by atoms with Crippen molar-refractivity contribution in [2.75, 3.05) is 19.7 Å². The summed E-state index contributed by atoms with van der Waals surface area (Å²) in [4.78, 5) is 14.3. The number of hydrogen-bond donors (Lipinski definition) is 2. The van der Waals surface area contributed by atoms with Crippen LogP contribution < -0.4 is 5.32 Å². The zero-order valence-corrected chi connectivity index (χ0v) is 11.8. The Bertz CT molecular complexity index is 238. The van der Waals surface area contributed by atoms with E-state index >= 15 is 0 Å². The SMILES string of the molecule is CC(CCCO)NC(C)C(=O)N1CCCCCC1. The van der Waals surface area contributed by atoms with Crippen molar-refractivity contribution < 1.29 is 9.90 Å². The number of aliphatic hydroxyl groups is 1. The minimum absolute atomic E-state index is 0.114. The fraction of sp³-hybridized carbons (Fsp3) is 0.929. The molecule has 1 saturated heterocycles. The van der Waals surface area contributed by atoms with E-state index in [-0.39, 0.29) is 24.6 Å². The van der Waals surface area contributed by atoms with Crippen LogP contribution in [-0.4, -0.2) is 47.7 Å². The Morgan fingerprint density at radius 1 is 1.22 bits per heavy atom. The smallest absolute Gasteiger partial charge is 0.239 e. The largest absolute Gasteiger partial charge is 0.396 e. The van der Waals surface area contributed by atoms with Gasteiger partial charge in [-0.25, -0.2) is 0 Å². The Balaban J connectivity index is 2.34. The summed E-state index contributed by atoms with van der Waals surface area (Å²) in [6, 6.07) is 0.167. The van der Waals surface area contributed by atoms with Gasteiger partial charge in [-0.05, 0) is 39.5 Å². The number of nitrogens with one attached hydrogen (secondary N) is 1. The van der Waals surface area contributed by atoms with Gasteiger partial charge in [-0.3, -0.25) is 4.79 Å². The summed E-state index contributed by atoms with van der Waals surface area (Å²) in [5.41, 5.74) is 0. The molecule has 0 bridgehead atoms. The molecule has 106 valence electrons. The van der Waals surface area contributed by atoms with Gasteiger partial charge in [0.15, 0.2) is 0 Å². The summed E-state index contributed by atoms with van der Waals surface area (Å²) in [5, 5.41) is 12.1. The summed E-state index contributed by atoms with van der Waals surface area (Å²) < 4.78 is 0. The minimum atomic E-state index is -0.114. The van der Waals surface area contributed by atoms with Crippen molar-refractivity contribution in [2.45, 2.75) is 64.5 Å². The average Bonchev–Trinajstić information content (AvgIpc) is 2.64. The highest BCUT2D eigenvalue weighted by Crippen LogP contribution is 2.11. The predicted octanol–water partition coefficient (Wildman–Crippen LogP) is 1.53. The molecule has 1 aliphatic heterocycles. The van der Waals surface area contributed by atoms with Gasteiger partial charge in [0.25, 0.3) is 0 Å². The second kappa shape index (κ2) is 8.48. The van der Waals surface area contributed by atoms with Gasteiger partial charge in [-0.2, -0.15) is 0 Å². The monoisotopic (exact) mass is 256 g/mol. The van der Waals surface area contributed by atoms with Crippen LogP contribution >= 0.6 is 0 Å². The first-order chi connectivity index (χ1) is 8.65. The lowest BCUT2D eigenvalue weighted by Gasteiger charge is -2.26. The molecule has 4 nitrogen and oxygen atoms in total. The fourth-order valence-corrected chi connectivity index (χ4v) is 2.54. The van der Waals surface area contributed by atoms with E-state index in [2.05, 4.69) is 12.2 Å². The van der Waals surface area contributed by atoms with Crippen LogP contribution in [-0.2, 0) is 4.79 Å². The van der Waals surface area contributed by atoms with E-state index in [9.17, 15) is 4.79 Å². The molecule has 18 heavy (non-hydrogen) atoms. The molecule has 1 amide bonds. The maximum absolute atomic E-state index is 12.3. The van der Waals surface area contributed by atoms with Crippen LogP contribution in [0.5, 0.6) is 0 Å². The molecule has 1 heterocycles. The van der Waals surface area contributed by atoms with Crippen LogP contribution in [0.4, 0.5) is 0 Å². The minimum Gasteiger partial charge on any atom is -0.396 e. The number of hydrogen-bond acceptors (Lipinski definition) is 3. The highest BCUT2D eigenvalue weighted by atomic mass is 16.2. The molecule has 0 radical (unpaired) electrons. The molecule has 2 atom stereocenters. The maximum atomic E-state index is 12.3. The molecule has 1 aliphatic rings. The Labute approximate surface area is 111 Å². The first-order valence-electron chi connectivity index (χ1n) is 7.31. The lowest BCUT2D eigenvalue weighted by atomic mass is 10.1. The van der Waals surface area contributed by atoms with Gasteiger partial charge in [-0.1, -0.05) is 12.8 Å². The van der Waals surface area contributed by atoms with E-state index in [0.717, 1.165) is 38.8 Å². The normalized spacial score (nSPS) is 20.3. The fourth-order valence-electron chi connectivity index (χ4n) is 2.54. The zero-order chi connectivity index (χ0) is 13.4. The van der Waals surface area contributed by atoms with Crippen molar-refractivity contribution >= 4 is 5.91 Å². The quantitative estimate of drug-likeness (QED) is 0.758. The standard InChI is InChI=1S/C14H28N2O2/c1-12(8-7-11-17)15-13(2)14(18)16-9-5-3-4-6-10-16/h12-13,15,17H,3-11H2,1-2H3. The van der Waals surface area contributed by atoms with Gasteiger partial charge in [0, 0.05) is 25.7 Å². The van der Waals surface area contributed by atoms with Gasteiger partial charge in [0.05, 0.1) is 6.04 Å². The molecule has 0 aromatic carbocycles. The van der Waals surface area contributed by atoms with Crippen LogP contribution in [0.1, 0.15) is 52.4 Å². The third-order valence-corrected chi connectivity index (χ3v) is 3.62. The molecular weight excluding hydrogens is 228 g/mol. The number of nitrogens with zero attached hydrogens (tertiary/aromatic N) is 1. The molecule has 0 aromatic heterocycles. The maximum Gasteiger partial charge on any atom is 0.239 e. The predicted molar refractivity (Wildman–Crippen MR) is 73.4 cm³/mol. The summed E-state index contributed by atoms with van der Waals surface area (Å²) in [6.45, 7) is 6.07. The van der Waals surface area contributed by atoms with Gasteiger partial charge >= 0.3 is 0 Å². The average molecular weight is 256 g/mol. The number of carbonyl (C=O) groups excluding carboxylic acids is 1. The molecule has 1 rings (SSSR count). The van der Waals surface area contributed by atoms with Gasteiger partial charge in [-0.15, -0.1) is 0 Å². The Morgan fingerprint density at radius 2 is 1.83 bits per heavy atom. The second-order valence-electron chi connectivity index (χ2n) is 5.39. The van der Waals surface area contributed by atoms with E-state index in [1.165, 1.54) is 12.8 Å². The van der Waals surface area contributed by atoms with Crippen LogP contribution in [0, 0.1) is 0 Å². The van der Waals surface area contributed by atoms with Crippen molar-refractivity contribution in [1.82, 2.24) is 10.2 Å². The lowest BCUT2D eigenvalue weighted by molar-refractivity contribution is -0.133. The molecule has 4 heteroatoms. The van der Waals surface area contributed by atoms with Gasteiger partial charge < -0.3 is 15.3 Å². The van der Waals surface area contributed by atoms with Crippen molar-refractivity contribution in [3.05, 3.63) is 0 Å². The highest BCUT2D eigenvalue weighted by Gasteiger charge is 2.22. The summed E-state index contributed by atoms with van der Waals surface area (Å²) in [6.07, 6.45) is 6.47. The molecule has 1 fully saturated rings. The van der Waals surface area contributed by atoms with E-state index < -0.39 is 0 Å². The third-order valence-electron chi connectivity index (χ3n) is 3.62. The molecule has 0 spiro atoms. The van der Waals surface area contributed by atoms with Crippen molar-refractivity contribution in [2.24, 2.45) is 0 Å². The van der Waals surface area contributed by atoms with Crippen LogP contribution in [0.25, 0.3) is 0 Å².